The lowest BCUT2D eigenvalue weighted by Crippen LogP contribution is -2.40. The quantitative estimate of drug-likeness (QED) is 0.155. The average Bonchev–Trinajstić information content (AvgIpc) is 3.67. The number of fused-ring (bicyclic) bond motifs is 9. The standard InChI is InChI=1S/C64H49N/c1-63(2)57-24-12-14-26-59(57)64(60-27-15-13-25-58(60)63)56-23-11-9-22-54(56)55-42-37-50(43-61(55)64)48-35-40-52(41-36-48)65(62-28-16-10-21-53(62)49-19-7-4-8-20-49)51-38-33-47(34-39-51)46-31-29-45(30-32-46)44-17-5-3-6-18-44/h3-31,33-43,46H,32H2,1-2H3. The maximum atomic E-state index is 2.50. The van der Waals surface area contributed by atoms with Crippen molar-refractivity contribution in [1.82, 2.24) is 0 Å². The van der Waals surface area contributed by atoms with Crippen LogP contribution < -0.4 is 4.90 Å². The Morgan fingerprint density at radius 3 is 1.54 bits per heavy atom. The van der Waals surface area contributed by atoms with Gasteiger partial charge in [0.2, 0.25) is 0 Å². The third kappa shape index (κ3) is 6.21. The molecule has 65 heavy (non-hydrogen) atoms. The summed E-state index contributed by atoms with van der Waals surface area (Å²) in [6.07, 6.45) is 8.01. The largest absolute Gasteiger partial charge is 0.310 e. The summed E-state index contributed by atoms with van der Waals surface area (Å²) < 4.78 is 0. The van der Waals surface area contributed by atoms with Gasteiger partial charge in [0.15, 0.2) is 0 Å². The predicted molar refractivity (Wildman–Crippen MR) is 272 cm³/mol. The fourth-order valence-corrected chi connectivity index (χ4v) is 11.4. The fraction of sp³-hybridized carbons (Fsp3) is 0.0938. The normalized spacial score (nSPS) is 15.9. The van der Waals surface area contributed by atoms with E-state index in [1.165, 1.54) is 83.5 Å². The molecule has 1 spiro atoms. The van der Waals surface area contributed by atoms with Crippen molar-refractivity contribution in [2.24, 2.45) is 0 Å². The van der Waals surface area contributed by atoms with E-state index >= 15 is 0 Å². The molecule has 0 amide bonds. The highest BCUT2D eigenvalue weighted by molar-refractivity contribution is 5.92. The van der Waals surface area contributed by atoms with Gasteiger partial charge in [0.1, 0.15) is 0 Å². The number of nitrogens with zero attached hydrogens (tertiary/aromatic N) is 1. The van der Waals surface area contributed by atoms with Crippen molar-refractivity contribution in [1.29, 1.82) is 0 Å². The molecule has 9 aromatic carbocycles. The minimum atomic E-state index is -0.428. The van der Waals surface area contributed by atoms with Crippen molar-refractivity contribution in [2.45, 2.75) is 37.0 Å². The molecule has 0 aromatic heterocycles. The van der Waals surface area contributed by atoms with Crippen molar-refractivity contribution >= 4 is 22.6 Å². The van der Waals surface area contributed by atoms with Crippen molar-refractivity contribution in [3.8, 4) is 33.4 Å². The summed E-state index contributed by atoms with van der Waals surface area (Å²) in [6, 6.07) is 83.4. The van der Waals surface area contributed by atoms with Gasteiger partial charge < -0.3 is 4.90 Å². The molecule has 9 aromatic rings. The molecule has 1 nitrogen and oxygen atoms in total. The Labute approximate surface area is 383 Å². The highest BCUT2D eigenvalue weighted by Gasteiger charge is 2.53. The second-order valence-corrected chi connectivity index (χ2v) is 18.4. The molecule has 0 heterocycles. The maximum Gasteiger partial charge on any atom is 0.0719 e. The van der Waals surface area contributed by atoms with Crippen LogP contribution in [0.4, 0.5) is 17.1 Å². The molecule has 0 saturated carbocycles. The minimum absolute atomic E-state index is 0.133. The summed E-state index contributed by atoms with van der Waals surface area (Å²) in [5.74, 6) is 0.335. The van der Waals surface area contributed by atoms with Gasteiger partial charge in [-0.2, -0.15) is 0 Å². The van der Waals surface area contributed by atoms with Crippen molar-refractivity contribution in [3.63, 3.8) is 0 Å². The van der Waals surface area contributed by atoms with Crippen LogP contribution in [0.15, 0.2) is 243 Å². The second kappa shape index (κ2) is 15.5. The van der Waals surface area contributed by atoms with Gasteiger partial charge in [-0.15, -0.1) is 0 Å². The van der Waals surface area contributed by atoms with E-state index in [-0.39, 0.29) is 5.41 Å². The third-order valence-corrected chi connectivity index (χ3v) is 14.5. The number of hydrogen-bond acceptors (Lipinski definition) is 1. The first-order valence-electron chi connectivity index (χ1n) is 23.0. The average molecular weight is 832 g/mol. The molecule has 0 radical (unpaired) electrons. The maximum absolute atomic E-state index is 2.50. The van der Waals surface area contributed by atoms with Crippen LogP contribution >= 0.6 is 0 Å². The molecule has 310 valence electrons. The van der Waals surface area contributed by atoms with Crippen LogP contribution in [0.5, 0.6) is 0 Å². The summed E-state index contributed by atoms with van der Waals surface area (Å²) >= 11 is 0. The zero-order valence-corrected chi connectivity index (χ0v) is 36.8. The lowest BCUT2D eigenvalue weighted by atomic mass is 9.55. The SMILES string of the molecule is CC1(C)c2ccccc2C2(c3ccccc3-c3ccc(-c4ccc(N(c5ccc(C6C=CC(c7ccccc7)=CC6)cc5)c5ccccc5-c5ccccc5)cc4)cc32)c2ccccc21. The number of para-hydroxylation sites is 1. The molecular formula is C64H49N. The molecule has 12 rings (SSSR count). The Kier molecular flexibility index (Phi) is 9.28. The summed E-state index contributed by atoms with van der Waals surface area (Å²) in [7, 11) is 0. The van der Waals surface area contributed by atoms with Gasteiger partial charge in [0, 0.05) is 28.3 Å². The van der Waals surface area contributed by atoms with Crippen molar-refractivity contribution in [2.75, 3.05) is 4.90 Å². The second-order valence-electron chi connectivity index (χ2n) is 18.4. The van der Waals surface area contributed by atoms with Gasteiger partial charge >= 0.3 is 0 Å². The Balaban J connectivity index is 0.949. The Bertz CT molecular complexity index is 3250. The first kappa shape index (κ1) is 38.9. The zero-order chi connectivity index (χ0) is 43.5. The monoisotopic (exact) mass is 831 g/mol. The van der Waals surface area contributed by atoms with E-state index in [4.69, 9.17) is 0 Å². The molecule has 3 aliphatic rings. The summed E-state index contributed by atoms with van der Waals surface area (Å²) in [4.78, 5) is 2.42. The van der Waals surface area contributed by atoms with Gasteiger partial charge in [0.25, 0.3) is 0 Å². The van der Waals surface area contributed by atoms with E-state index < -0.39 is 5.41 Å². The van der Waals surface area contributed by atoms with Crippen LogP contribution in [-0.4, -0.2) is 0 Å². The van der Waals surface area contributed by atoms with Crippen LogP contribution in [0.2, 0.25) is 0 Å². The summed E-state index contributed by atoms with van der Waals surface area (Å²) in [6.45, 7) is 4.78. The molecule has 0 bridgehead atoms. The van der Waals surface area contributed by atoms with Crippen molar-refractivity contribution < 1.29 is 0 Å². The molecule has 3 aliphatic carbocycles. The lowest BCUT2D eigenvalue weighted by Gasteiger charge is -2.46. The first-order valence-corrected chi connectivity index (χ1v) is 23.0. The first-order chi connectivity index (χ1) is 32.0. The van der Waals surface area contributed by atoms with E-state index in [1.807, 2.05) is 0 Å². The number of benzene rings is 9. The van der Waals surface area contributed by atoms with E-state index in [0.717, 1.165) is 23.5 Å². The summed E-state index contributed by atoms with van der Waals surface area (Å²) in [5, 5.41) is 0. The van der Waals surface area contributed by atoms with Crippen LogP contribution in [0.25, 0.3) is 39.0 Å². The minimum Gasteiger partial charge on any atom is -0.310 e. The van der Waals surface area contributed by atoms with E-state index in [1.54, 1.807) is 0 Å². The number of anilines is 3. The van der Waals surface area contributed by atoms with E-state index in [0.29, 0.717) is 5.92 Å². The smallest absolute Gasteiger partial charge is 0.0719 e. The molecule has 1 atom stereocenters. The van der Waals surface area contributed by atoms with Crippen LogP contribution in [0.1, 0.15) is 70.7 Å². The van der Waals surface area contributed by atoms with Gasteiger partial charge in [-0.25, -0.2) is 0 Å². The van der Waals surface area contributed by atoms with Crippen LogP contribution in [-0.2, 0) is 10.8 Å². The van der Waals surface area contributed by atoms with E-state index in [2.05, 4.69) is 261 Å². The van der Waals surface area contributed by atoms with Crippen LogP contribution in [0, 0.1) is 0 Å². The number of allylic oxidation sites excluding steroid dienone is 4. The molecular weight excluding hydrogens is 783 g/mol. The number of hydrogen-bond donors (Lipinski definition) is 0. The molecule has 0 saturated heterocycles. The Morgan fingerprint density at radius 1 is 0.400 bits per heavy atom. The highest BCUT2D eigenvalue weighted by atomic mass is 15.1. The highest BCUT2D eigenvalue weighted by Crippen LogP contribution is 2.62. The topological polar surface area (TPSA) is 3.24 Å². The third-order valence-electron chi connectivity index (χ3n) is 14.5. The predicted octanol–water partition coefficient (Wildman–Crippen LogP) is 16.6. The van der Waals surface area contributed by atoms with E-state index in [9.17, 15) is 0 Å². The molecule has 0 aliphatic heterocycles. The van der Waals surface area contributed by atoms with Gasteiger partial charge in [-0.1, -0.05) is 220 Å². The molecule has 0 N–H and O–H groups in total. The summed E-state index contributed by atoms with van der Waals surface area (Å²) in [5.41, 5.74) is 22.4. The van der Waals surface area contributed by atoms with Crippen LogP contribution in [0.3, 0.4) is 0 Å². The Morgan fingerprint density at radius 2 is 0.908 bits per heavy atom. The number of rotatable bonds is 7. The lowest BCUT2D eigenvalue weighted by molar-refractivity contribution is 0.563. The van der Waals surface area contributed by atoms with Gasteiger partial charge in [-0.3, -0.25) is 0 Å². The fourth-order valence-electron chi connectivity index (χ4n) is 11.4. The molecule has 1 unspecified atom stereocenters. The van der Waals surface area contributed by atoms with Gasteiger partial charge in [-0.05, 0) is 121 Å². The zero-order valence-electron chi connectivity index (χ0n) is 36.8. The molecule has 1 heteroatoms. The van der Waals surface area contributed by atoms with Crippen molar-refractivity contribution in [3.05, 3.63) is 287 Å². The van der Waals surface area contributed by atoms with Gasteiger partial charge in [0.05, 0.1) is 11.1 Å². The molecule has 0 fully saturated rings. The Hall–Kier alpha value is -7.74.